The number of hydrogen-bond acceptors (Lipinski definition) is 2. The first-order valence-corrected chi connectivity index (χ1v) is 8.32. The number of likely N-dealkylation sites (N-methyl/N-ethyl adjacent to an activating group) is 1. The summed E-state index contributed by atoms with van der Waals surface area (Å²) >= 11 is 0. The fraction of sp³-hybridized carbons (Fsp3) is 0.611. The third-order valence-corrected chi connectivity index (χ3v) is 5.04. The molecule has 2 aliphatic rings. The van der Waals surface area contributed by atoms with E-state index in [1.807, 2.05) is 6.07 Å². The molecule has 0 bridgehead atoms. The lowest BCUT2D eigenvalue weighted by Gasteiger charge is -2.40. The smallest absolute Gasteiger partial charge is 0.233 e. The van der Waals surface area contributed by atoms with Gasteiger partial charge in [0.25, 0.3) is 0 Å². The van der Waals surface area contributed by atoms with Crippen LogP contribution in [0.5, 0.6) is 0 Å². The second-order valence-corrected chi connectivity index (χ2v) is 6.49. The van der Waals surface area contributed by atoms with E-state index in [0.29, 0.717) is 5.91 Å². The molecule has 1 aromatic carbocycles. The summed E-state index contributed by atoms with van der Waals surface area (Å²) in [7, 11) is 0. The topological polar surface area (TPSA) is 32.3 Å². The van der Waals surface area contributed by atoms with Crippen molar-refractivity contribution < 1.29 is 4.79 Å². The first kappa shape index (κ1) is 14.6. The summed E-state index contributed by atoms with van der Waals surface area (Å²) in [6.07, 6.45) is 4.42. The van der Waals surface area contributed by atoms with Crippen molar-refractivity contribution in [3.8, 4) is 0 Å². The monoisotopic (exact) mass is 286 g/mol. The lowest BCUT2D eigenvalue weighted by molar-refractivity contribution is -0.138. The Kier molecular flexibility index (Phi) is 4.29. The van der Waals surface area contributed by atoms with Crippen molar-refractivity contribution in [2.24, 2.45) is 5.92 Å². The average molecular weight is 286 g/mol. The van der Waals surface area contributed by atoms with E-state index in [4.69, 9.17) is 0 Å². The second kappa shape index (κ2) is 6.18. The Hall–Kier alpha value is -1.35. The van der Waals surface area contributed by atoms with Crippen LogP contribution in [0.1, 0.15) is 38.2 Å². The number of rotatable bonds is 5. The molecule has 2 fully saturated rings. The van der Waals surface area contributed by atoms with Crippen LogP contribution in [0.3, 0.4) is 0 Å². The zero-order valence-electron chi connectivity index (χ0n) is 13.0. The number of piperidine rings is 1. The van der Waals surface area contributed by atoms with E-state index in [-0.39, 0.29) is 5.41 Å². The molecule has 1 aromatic rings. The molecular formula is C18H26N2O. The minimum absolute atomic E-state index is 0.308. The van der Waals surface area contributed by atoms with Crippen LogP contribution in [0.2, 0.25) is 0 Å². The van der Waals surface area contributed by atoms with Crippen LogP contribution >= 0.6 is 0 Å². The van der Waals surface area contributed by atoms with Gasteiger partial charge in [0.15, 0.2) is 0 Å². The maximum Gasteiger partial charge on any atom is 0.233 e. The summed E-state index contributed by atoms with van der Waals surface area (Å²) in [6.45, 7) is 5.76. The molecule has 0 spiro atoms. The van der Waals surface area contributed by atoms with Crippen molar-refractivity contribution >= 4 is 5.91 Å². The van der Waals surface area contributed by atoms with Crippen molar-refractivity contribution in [3.05, 3.63) is 35.9 Å². The van der Waals surface area contributed by atoms with Gasteiger partial charge in [-0.05, 0) is 57.2 Å². The van der Waals surface area contributed by atoms with Crippen LogP contribution in [-0.2, 0) is 10.2 Å². The molecule has 0 unspecified atom stereocenters. The van der Waals surface area contributed by atoms with Gasteiger partial charge in [-0.3, -0.25) is 4.79 Å². The minimum atomic E-state index is -0.308. The first-order chi connectivity index (χ1) is 10.3. The number of hydrogen-bond donors (Lipinski definition) is 1. The number of amides is 1. The Morgan fingerprint density at radius 3 is 2.48 bits per heavy atom. The minimum Gasteiger partial charge on any atom is -0.342 e. The predicted octanol–water partition coefficient (Wildman–Crippen LogP) is 2.57. The van der Waals surface area contributed by atoms with Crippen molar-refractivity contribution in [1.29, 1.82) is 0 Å². The van der Waals surface area contributed by atoms with Gasteiger partial charge in [-0.15, -0.1) is 0 Å². The van der Waals surface area contributed by atoms with E-state index < -0.39 is 0 Å². The number of benzene rings is 1. The summed E-state index contributed by atoms with van der Waals surface area (Å²) in [5, 5.41) is 3.40. The molecule has 114 valence electrons. The zero-order valence-corrected chi connectivity index (χ0v) is 13.0. The first-order valence-electron chi connectivity index (χ1n) is 8.32. The third kappa shape index (κ3) is 2.98. The van der Waals surface area contributed by atoms with Crippen molar-refractivity contribution in [3.63, 3.8) is 0 Å². The molecular weight excluding hydrogens is 260 g/mol. The average Bonchev–Trinajstić information content (AvgIpc) is 3.37. The van der Waals surface area contributed by atoms with E-state index in [9.17, 15) is 4.79 Å². The molecule has 0 atom stereocenters. The maximum absolute atomic E-state index is 13.3. The van der Waals surface area contributed by atoms with Crippen LogP contribution in [-0.4, -0.2) is 37.0 Å². The van der Waals surface area contributed by atoms with Gasteiger partial charge < -0.3 is 10.2 Å². The summed E-state index contributed by atoms with van der Waals surface area (Å²) in [5.74, 6) is 1.10. The highest BCUT2D eigenvalue weighted by Gasteiger charge is 2.43. The summed E-state index contributed by atoms with van der Waals surface area (Å²) in [4.78, 5) is 15.4. The van der Waals surface area contributed by atoms with Gasteiger partial charge in [0.2, 0.25) is 5.91 Å². The fourth-order valence-electron chi connectivity index (χ4n) is 3.51. The van der Waals surface area contributed by atoms with Gasteiger partial charge >= 0.3 is 0 Å². The van der Waals surface area contributed by atoms with Crippen LogP contribution in [0, 0.1) is 5.92 Å². The summed E-state index contributed by atoms with van der Waals surface area (Å²) in [6, 6.07) is 10.4. The fourth-order valence-corrected chi connectivity index (χ4v) is 3.51. The lowest BCUT2D eigenvalue weighted by Crippen LogP contribution is -2.52. The molecule has 1 aliphatic carbocycles. The van der Waals surface area contributed by atoms with Crippen molar-refractivity contribution in [1.82, 2.24) is 10.2 Å². The van der Waals surface area contributed by atoms with E-state index in [1.54, 1.807) is 0 Å². The molecule has 1 saturated heterocycles. The number of carbonyl (C=O) groups is 1. The van der Waals surface area contributed by atoms with Gasteiger partial charge in [-0.25, -0.2) is 0 Å². The highest BCUT2D eigenvalue weighted by atomic mass is 16.2. The van der Waals surface area contributed by atoms with E-state index in [0.717, 1.165) is 44.9 Å². The molecule has 0 aromatic heterocycles. The number of nitrogens with one attached hydrogen (secondary N) is 1. The second-order valence-electron chi connectivity index (χ2n) is 6.49. The lowest BCUT2D eigenvalue weighted by atomic mass is 9.72. The van der Waals surface area contributed by atoms with Gasteiger partial charge in [-0.2, -0.15) is 0 Å². The molecule has 3 heteroatoms. The Labute approximate surface area is 127 Å². The predicted molar refractivity (Wildman–Crippen MR) is 85.2 cm³/mol. The van der Waals surface area contributed by atoms with Crippen LogP contribution in [0.25, 0.3) is 0 Å². The van der Waals surface area contributed by atoms with Crippen LogP contribution in [0.15, 0.2) is 30.3 Å². The van der Waals surface area contributed by atoms with Crippen molar-refractivity contribution in [2.75, 3.05) is 26.2 Å². The maximum atomic E-state index is 13.3. The molecule has 1 heterocycles. The third-order valence-electron chi connectivity index (χ3n) is 5.04. The van der Waals surface area contributed by atoms with E-state index >= 15 is 0 Å². The Morgan fingerprint density at radius 2 is 1.90 bits per heavy atom. The molecule has 1 amide bonds. The quantitative estimate of drug-likeness (QED) is 0.902. The molecule has 1 N–H and O–H groups in total. The standard InChI is InChI=1S/C18H26N2O/c1-2-20(14-15-8-9-15)17(21)18(10-12-19-13-11-18)16-6-4-3-5-7-16/h3-7,15,19H,2,8-14H2,1H3. The summed E-state index contributed by atoms with van der Waals surface area (Å²) < 4.78 is 0. The number of carbonyl (C=O) groups excluding carboxylic acids is 1. The largest absolute Gasteiger partial charge is 0.342 e. The zero-order chi connectivity index (χ0) is 14.7. The molecule has 0 radical (unpaired) electrons. The normalized spacial score (nSPS) is 21.0. The Balaban J connectivity index is 1.88. The molecule has 1 aliphatic heterocycles. The molecule has 3 nitrogen and oxygen atoms in total. The van der Waals surface area contributed by atoms with Gasteiger partial charge in [-0.1, -0.05) is 30.3 Å². The highest BCUT2D eigenvalue weighted by molar-refractivity contribution is 5.88. The Morgan fingerprint density at radius 1 is 1.24 bits per heavy atom. The Bertz CT molecular complexity index is 475. The van der Waals surface area contributed by atoms with Gasteiger partial charge in [0, 0.05) is 13.1 Å². The highest BCUT2D eigenvalue weighted by Crippen LogP contribution is 2.37. The van der Waals surface area contributed by atoms with Gasteiger partial charge in [0.1, 0.15) is 0 Å². The van der Waals surface area contributed by atoms with Crippen LogP contribution < -0.4 is 5.32 Å². The van der Waals surface area contributed by atoms with Gasteiger partial charge in [0.05, 0.1) is 5.41 Å². The summed E-state index contributed by atoms with van der Waals surface area (Å²) in [5.41, 5.74) is 0.892. The van der Waals surface area contributed by atoms with Crippen LogP contribution in [0.4, 0.5) is 0 Å². The van der Waals surface area contributed by atoms with Crippen molar-refractivity contribution in [2.45, 2.75) is 38.0 Å². The van der Waals surface area contributed by atoms with E-state index in [2.05, 4.69) is 41.4 Å². The SMILES string of the molecule is CCN(CC1CC1)C(=O)C1(c2ccccc2)CCNCC1. The molecule has 21 heavy (non-hydrogen) atoms. The molecule has 1 saturated carbocycles. The number of nitrogens with zero attached hydrogens (tertiary/aromatic N) is 1. The molecule has 3 rings (SSSR count). The van der Waals surface area contributed by atoms with E-state index in [1.165, 1.54) is 18.4 Å².